The Morgan fingerprint density at radius 1 is 1.62 bits per heavy atom. The first-order valence-electron chi connectivity index (χ1n) is 5.26. The Balaban J connectivity index is 2.49. The van der Waals surface area contributed by atoms with Crippen LogP contribution >= 0.6 is 0 Å². The Kier molecular flexibility index (Phi) is 4.18. The molecule has 0 radical (unpaired) electrons. The lowest BCUT2D eigenvalue weighted by Gasteiger charge is -2.22. The van der Waals surface area contributed by atoms with Gasteiger partial charge in [-0.1, -0.05) is 5.92 Å². The summed E-state index contributed by atoms with van der Waals surface area (Å²) in [6.45, 7) is 1.89. The van der Waals surface area contributed by atoms with Gasteiger partial charge in [0.05, 0.1) is 6.04 Å². The van der Waals surface area contributed by atoms with Crippen molar-refractivity contribution in [1.82, 2.24) is 10.2 Å². The molecule has 88 valence electrons. The number of nitrogens with one attached hydrogen (secondary N) is 1. The lowest BCUT2D eigenvalue weighted by molar-refractivity contribution is -0.137. The van der Waals surface area contributed by atoms with Crippen LogP contribution in [0.1, 0.15) is 19.8 Å². The van der Waals surface area contributed by atoms with Crippen molar-refractivity contribution >= 4 is 12.0 Å². The van der Waals surface area contributed by atoms with Crippen molar-refractivity contribution in [1.29, 1.82) is 0 Å². The number of carboxylic acids is 1. The number of terminal acetylenes is 1. The van der Waals surface area contributed by atoms with E-state index in [2.05, 4.69) is 11.2 Å². The van der Waals surface area contributed by atoms with Crippen molar-refractivity contribution < 1.29 is 14.7 Å². The van der Waals surface area contributed by atoms with Gasteiger partial charge < -0.3 is 15.3 Å². The molecular weight excluding hydrogens is 208 g/mol. The number of amides is 2. The van der Waals surface area contributed by atoms with E-state index in [9.17, 15) is 9.59 Å². The predicted octanol–water partition coefficient (Wildman–Crippen LogP) is 0.514. The average Bonchev–Trinajstić information content (AvgIpc) is 2.99. The molecule has 2 amide bonds. The molecule has 0 spiro atoms. The van der Waals surface area contributed by atoms with Crippen molar-refractivity contribution in [2.45, 2.75) is 25.8 Å². The van der Waals surface area contributed by atoms with Crippen molar-refractivity contribution in [2.24, 2.45) is 5.92 Å². The summed E-state index contributed by atoms with van der Waals surface area (Å²) in [5.74, 6) is 1.81. The summed E-state index contributed by atoms with van der Waals surface area (Å²) in [6.07, 6.45) is 7.26. The first-order chi connectivity index (χ1) is 7.52. The second kappa shape index (κ2) is 5.40. The molecule has 5 heteroatoms. The van der Waals surface area contributed by atoms with Gasteiger partial charge in [0, 0.05) is 6.54 Å². The molecule has 0 heterocycles. The van der Waals surface area contributed by atoms with Crippen LogP contribution in [0.2, 0.25) is 0 Å². The van der Waals surface area contributed by atoms with Crippen molar-refractivity contribution in [2.75, 3.05) is 13.1 Å². The maximum atomic E-state index is 11.7. The normalized spacial score (nSPS) is 16.0. The molecule has 0 bridgehead atoms. The number of hydrogen-bond acceptors (Lipinski definition) is 2. The van der Waals surface area contributed by atoms with Gasteiger partial charge >= 0.3 is 12.0 Å². The minimum atomic E-state index is -1.01. The molecule has 0 aromatic heterocycles. The van der Waals surface area contributed by atoms with Crippen LogP contribution in [0, 0.1) is 18.3 Å². The molecule has 16 heavy (non-hydrogen) atoms. The minimum absolute atomic E-state index is 0.278. The zero-order valence-corrected chi connectivity index (χ0v) is 9.27. The summed E-state index contributed by atoms with van der Waals surface area (Å²) >= 11 is 0. The van der Waals surface area contributed by atoms with Gasteiger partial charge in [-0.2, -0.15) is 0 Å². The van der Waals surface area contributed by atoms with Crippen molar-refractivity contribution in [3.8, 4) is 12.3 Å². The minimum Gasteiger partial charge on any atom is -0.480 e. The zero-order valence-electron chi connectivity index (χ0n) is 9.27. The molecule has 0 saturated heterocycles. The fraction of sp³-hybridized carbons (Fsp3) is 0.636. The number of carbonyl (C=O) groups is 2. The molecule has 0 aromatic carbocycles. The fourth-order valence-electron chi connectivity index (χ4n) is 1.31. The lowest BCUT2D eigenvalue weighted by atomic mass is 10.3. The number of carbonyl (C=O) groups excluding carboxylic acids is 1. The number of hydrogen-bond donors (Lipinski definition) is 2. The molecule has 1 aliphatic carbocycles. The number of urea groups is 1. The van der Waals surface area contributed by atoms with Gasteiger partial charge in [0.25, 0.3) is 0 Å². The Bertz CT molecular complexity index is 318. The number of aliphatic carboxylic acids is 1. The van der Waals surface area contributed by atoms with Crippen LogP contribution < -0.4 is 5.32 Å². The molecule has 1 atom stereocenters. The van der Waals surface area contributed by atoms with Crippen LogP contribution in [0.25, 0.3) is 0 Å². The van der Waals surface area contributed by atoms with Gasteiger partial charge in [0.1, 0.15) is 6.54 Å². The molecule has 1 fully saturated rings. The number of rotatable bonds is 5. The van der Waals surface area contributed by atoms with Gasteiger partial charge in [0.15, 0.2) is 0 Å². The molecule has 1 saturated carbocycles. The molecule has 2 N–H and O–H groups in total. The largest absolute Gasteiger partial charge is 0.480 e. The molecule has 5 nitrogen and oxygen atoms in total. The Hall–Kier alpha value is -1.70. The Morgan fingerprint density at radius 2 is 2.25 bits per heavy atom. The standard InChI is InChI=1S/C11H16N2O3/c1-3-8(2)12-11(16)13(7-10(14)15)6-9-4-5-9/h1,8-9H,4-7H2,2H3,(H,12,16)(H,14,15). The second-order valence-electron chi connectivity index (χ2n) is 4.06. The van der Waals surface area contributed by atoms with E-state index in [0.29, 0.717) is 12.5 Å². The van der Waals surface area contributed by atoms with E-state index in [1.165, 1.54) is 4.90 Å². The van der Waals surface area contributed by atoms with E-state index in [0.717, 1.165) is 12.8 Å². The first kappa shape index (κ1) is 12.4. The van der Waals surface area contributed by atoms with E-state index >= 15 is 0 Å². The van der Waals surface area contributed by atoms with E-state index in [4.69, 9.17) is 11.5 Å². The zero-order chi connectivity index (χ0) is 12.1. The topological polar surface area (TPSA) is 69.6 Å². The third kappa shape index (κ3) is 4.22. The van der Waals surface area contributed by atoms with E-state index < -0.39 is 12.0 Å². The van der Waals surface area contributed by atoms with Crippen LogP contribution in [0.3, 0.4) is 0 Å². The SMILES string of the molecule is C#CC(C)NC(=O)N(CC(=O)O)CC1CC1. The molecule has 0 aromatic rings. The summed E-state index contributed by atoms with van der Waals surface area (Å²) in [6, 6.07) is -0.789. The number of nitrogens with zero attached hydrogens (tertiary/aromatic N) is 1. The van der Waals surface area contributed by atoms with E-state index in [1.807, 2.05) is 0 Å². The van der Waals surface area contributed by atoms with Crippen LogP contribution in [0.15, 0.2) is 0 Å². The van der Waals surface area contributed by atoms with Crippen LogP contribution in [0.4, 0.5) is 4.79 Å². The first-order valence-corrected chi connectivity index (χ1v) is 5.26. The molecule has 1 unspecified atom stereocenters. The summed E-state index contributed by atoms with van der Waals surface area (Å²) in [4.78, 5) is 23.6. The second-order valence-corrected chi connectivity index (χ2v) is 4.06. The van der Waals surface area contributed by atoms with Crippen LogP contribution in [-0.2, 0) is 4.79 Å². The van der Waals surface area contributed by atoms with Gasteiger partial charge in [0.2, 0.25) is 0 Å². The highest BCUT2D eigenvalue weighted by Crippen LogP contribution is 2.29. The fourth-order valence-corrected chi connectivity index (χ4v) is 1.31. The summed E-state index contributed by atoms with van der Waals surface area (Å²) < 4.78 is 0. The van der Waals surface area contributed by atoms with Gasteiger partial charge in [-0.05, 0) is 25.7 Å². The summed E-state index contributed by atoms with van der Waals surface area (Å²) in [5.41, 5.74) is 0. The van der Waals surface area contributed by atoms with Crippen molar-refractivity contribution in [3.63, 3.8) is 0 Å². The maximum absolute atomic E-state index is 11.7. The summed E-state index contributed by atoms with van der Waals surface area (Å²) in [5, 5.41) is 11.3. The maximum Gasteiger partial charge on any atom is 0.323 e. The lowest BCUT2D eigenvalue weighted by Crippen LogP contribution is -2.46. The third-order valence-electron chi connectivity index (χ3n) is 2.38. The van der Waals surface area contributed by atoms with Crippen LogP contribution in [0.5, 0.6) is 0 Å². The van der Waals surface area contributed by atoms with Gasteiger partial charge in [-0.25, -0.2) is 4.79 Å². The number of carboxylic acid groups (broad SMARTS) is 1. The van der Waals surface area contributed by atoms with Gasteiger partial charge in [-0.3, -0.25) is 4.79 Å². The molecular formula is C11H16N2O3. The quantitative estimate of drug-likeness (QED) is 0.669. The summed E-state index contributed by atoms with van der Waals surface area (Å²) in [7, 11) is 0. The molecule has 0 aliphatic heterocycles. The Labute approximate surface area is 94.8 Å². The van der Waals surface area contributed by atoms with E-state index in [-0.39, 0.29) is 12.6 Å². The monoisotopic (exact) mass is 224 g/mol. The van der Waals surface area contributed by atoms with Gasteiger partial charge in [-0.15, -0.1) is 6.42 Å². The molecule has 1 aliphatic rings. The highest BCUT2D eigenvalue weighted by Gasteiger charge is 2.28. The molecule has 1 rings (SSSR count). The van der Waals surface area contributed by atoms with E-state index in [1.54, 1.807) is 6.92 Å². The smallest absolute Gasteiger partial charge is 0.323 e. The Morgan fingerprint density at radius 3 is 2.69 bits per heavy atom. The van der Waals surface area contributed by atoms with Crippen LogP contribution in [-0.4, -0.2) is 41.1 Å². The van der Waals surface area contributed by atoms with Crippen molar-refractivity contribution in [3.05, 3.63) is 0 Å². The third-order valence-corrected chi connectivity index (χ3v) is 2.38. The highest BCUT2D eigenvalue weighted by molar-refractivity contribution is 5.80. The predicted molar refractivity (Wildman–Crippen MR) is 58.8 cm³/mol. The highest BCUT2D eigenvalue weighted by atomic mass is 16.4. The average molecular weight is 224 g/mol.